The van der Waals surface area contributed by atoms with Gasteiger partial charge >= 0.3 is 0 Å². The predicted molar refractivity (Wildman–Crippen MR) is 85.7 cm³/mol. The molecule has 1 N–H and O–H groups in total. The Morgan fingerprint density at radius 1 is 1.10 bits per heavy atom. The molecule has 20 heavy (non-hydrogen) atoms. The van der Waals surface area contributed by atoms with Crippen molar-refractivity contribution < 1.29 is 9.18 Å². The molecular formula is C15H12Br2FNO. The number of anilines is 1. The van der Waals surface area contributed by atoms with Gasteiger partial charge in [-0.1, -0.05) is 15.9 Å². The highest BCUT2D eigenvalue weighted by Gasteiger charge is 2.11. The topological polar surface area (TPSA) is 29.1 Å². The Kier molecular flexibility index (Phi) is 4.60. The quantitative estimate of drug-likeness (QED) is 0.735. The second-order valence-corrected chi connectivity index (χ2v) is 6.32. The first-order valence-electron chi connectivity index (χ1n) is 5.91. The van der Waals surface area contributed by atoms with E-state index in [-0.39, 0.29) is 11.7 Å². The highest BCUT2D eigenvalue weighted by atomic mass is 79.9. The summed E-state index contributed by atoms with van der Waals surface area (Å²) in [6, 6.07) is 8.42. The van der Waals surface area contributed by atoms with Gasteiger partial charge in [-0.15, -0.1) is 0 Å². The summed E-state index contributed by atoms with van der Waals surface area (Å²) in [7, 11) is 0. The highest BCUT2D eigenvalue weighted by Crippen LogP contribution is 2.25. The molecule has 2 nitrogen and oxygen atoms in total. The van der Waals surface area contributed by atoms with Crippen molar-refractivity contribution in [2.75, 3.05) is 5.32 Å². The van der Waals surface area contributed by atoms with Gasteiger partial charge in [0.2, 0.25) is 0 Å². The molecule has 0 radical (unpaired) electrons. The van der Waals surface area contributed by atoms with Gasteiger partial charge < -0.3 is 5.32 Å². The summed E-state index contributed by atoms with van der Waals surface area (Å²) < 4.78 is 14.5. The molecule has 0 bridgehead atoms. The first kappa shape index (κ1) is 15.2. The SMILES string of the molecule is Cc1cc(Br)cc(C(=O)Nc2cc(Br)c(F)cc2C)c1. The molecule has 2 aromatic rings. The van der Waals surface area contributed by atoms with Gasteiger partial charge in [0, 0.05) is 15.7 Å². The van der Waals surface area contributed by atoms with E-state index in [9.17, 15) is 9.18 Å². The van der Waals surface area contributed by atoms with E-state index in [4.69, 9.17) is 0 Å². The normalized spacial score (nSPS) is 10.4. The van der Waals surface area contributed by atoms with Crippen molar-refractivity contribution in [3.8, 4) is 0 Å². The maximum Gasteiger partial charge on any atom is 0.255 e. The molecule has 2 aromatic carbocycles. The lowest BCUT2D eigenvalue weighted by atomic mass is 10.1. The summed E-state index contributed by atoms with van der Waals surface area (Å²) in [4.78, 5) is 12.2. The summed E-state index contributed by atoms with van der Waals surface area (Å²) in [5, 5.41) is 2.79. The molecule has 0 fully saturated rings. The Balaban J connectivity index is 2.30. The molecule has 0 aromatic heterocycles. The first-order valence-corrected chi connectivity index (χ1v) is 7.49. The molecule has 5 heteroatoms. The fourth-order valence-electron chi connectivity index (χ4n) is 1.84. The number of aryl methyl sites for hydroxylation is 2. The minimum Gasteiger partial charge on any atom is -0.322 e. The average Bonchev–Trinajstić information content (AvgIpc) is 2.34. The van der Waals surface area contributed by atoms with Crippen LogP contribution in [0, 0.1) is 19.7 Å². The van der Waals surface area contributed by atoms with E-state index in [0.29, 0.717) is 21.3 Å². The van der Waals surface area contributed by atoms with Crippen molar-refractivity contribution in [2.24, 2.45) is 0 Å². The van der Waals surface area contributed by atoms with Crippen LogP contribution < -0.4 is 5.32 Å². The zero-order valence-corrected chi connectivity index (χ0v) is 14.1. The number of amides is 1. The van der Waals surface area contributed by atoms with Gasteiger partial charge in [-0.2, -0.15) is 0 Å². The maximum atomic E-state index is 13.4. The van der Waals surface area contributed by atoms with E-state index < -0.39 is 0 Å². The molecule has 2 rings (SSSR count). The van der Waals surface area contributed by atoms with Crippen LogP contribution in [-0.4, -0.2) is 5.91 Å². The number of carbonyl (C=O) groups excluding carboxylic acids is 1. The van der Waals surface area contributed by atoms with Gasteiger partial charge in [-0.25, -0.2) is 4.39 Å². The standard InChI is InChI=1S/C15H12Br2FNO/c1-8-3-10(6-11(16)4-8)15(20)19-14-7-12(17)13(18)5-9(14)2/h3-7H,1-2H3,(H,19,20). The largest absolute Gasteiger partial charge is 0.322 e. The lowest BCUT2D eigenvalue weighted by molar-refractivity contribution is 0.102. The summed E-state index contributed by atoms with van der Waals surface area (Å²) in [6.45, 7) is 3.67. The zero-order valence-electron chi connectivity index (χ0n) is 10.9. The average molecular weight is 401 g/mol. The molecule has 0 saturated carbocycles. The summed E-state index contributed by atoms with van der Waals surface area (Å²) in [6.07, 6.45) is 0. The maximum absolute atomic E-state index is 13.4. The predicted octanol–water partition coefficient (Wildman–Crippen LogP) is 5.22. The molecule has 0 aliphatic heterocycles. The lowest BCUT2D eigenvalue weighted by Crippen LogP contribution is -2.13. The third-order valence-electron chi connectivity index (χ3n) is 2.82. The fraction of sp³-hybridized carbons (Fsp3) is 0.133. The molecule has 0 spiro atoms. The van der Waals surface area contributed by atoms with Gasteiger partial charge in [0.15, 0.2) is 0 Å². The number of halogens is 3. The molecule has 0 unspecified atom stereocenters. The van der Waals surface area contributed by atoms with E-state index in [2.05, 4.69) is 37.2 Å². The number of benzene rings is 2. The number of hydrogen-bond acceptors (Lipinski definition) is 1. The molecule has 104 valence electrons. The molecule has 0 atom stereocenters. The second kappa shape index (κ2) is 6.06. The molecule has 1 amide bonds. The number of rotatable bonds is 2. The number of carbonyl (C=O) groups is 1. The lowest BCUT2D eigenvalue weighted by Gasteiger charge is -2.10. The van der Waals surface area contributed by atoms with E-state index >= 15 is 0 Å². The van der Waals surface area contributed by atoms with Crippen molar-refractivity contribution in [1.29, 1.82) is 0 Å². The van der Waals surface area contributed by atoms with E-state index in [1.807, 2.05) is 13.0 Å². The third-order valence-corrected chi connectivity index (χ3v) is 3.89. The Hall–Kier alpha value is -1.20. The zero-order chi connectivity index (χ0) is 14.9. The smallest absolute Gasteiger partial charge is 0.255 e. The first-order chi connectivity index (χ1) is 9.36. The summed E-state index contributed by atoms with van der Waals surface area (Å²) in [5.74, 6) is -0.574. The van der Waals surface area contributed by atoms with Gasteiger partial charge in [-0.05, 0) is 71.2 Å². The minimum absolute atomic E-state index is 0.226. The van der Waals surface area contributed by atoms with Crippen molar-refractivity contribution in [1.82, 2.24) is 0 Å². The van der Waals surface area contributed by atoms with Crippen LogP contribution >= 0.6 is 31.9 Å². The second-order valence-electron chi connectivity index (χ2n) is 4.55. The van der Waals surface area contributed by atoms with Gasteiger partial charge in [-0.3, -0.25) is 4.79 Å². The number of nitrogens with one attached hydrogen (secondary N) is 1. The van der Waals surface area contributed by atoms with Crippen LogP contribution in [0.5, 0.6) is 0 Å². The molecule has 0 aliphatic rings. The summed E-state index contributed by atoms with van der Waals surface area (Å²) in [5.41, 5.74) is 2.80. The van der Waals surface area contributed by atoms with E-state index in [0.717, 1.165) is 10.0 Å². The Morgan fingerprint density at radius 2 is 1.80 bits per heavy atom. The van der Waals surface area contributed by atoms with Crippen molar-refractivity contribution >= 4 is 43.5 Å². The van der Waals surface area contributed by atoms with Crippen LogP contribution in [0.4, 0.5) is 10.1 Å². The molecule has 0 aliphatic carbocycles. The Labute approximate surface area is 133 Å². The summed E-state index contributed by atoms with van der Waals surface area (Å²) >= 11 is 6.48. The van der Waals surface area contributed by atoms with Crippen LogP contribution in [0.15, 0.2) is 39.3 Å². The molecular weight excluding hydrogens is 389 g/mol. The van der Waals surface area contributed by atoms with Gasteiger partial charge in [0.1, 0.15) is 5.82 Å². The monoisotopic (exact) mass is 399 g/mol. The van der Waals surface area contributed by atoms with Crippen LogP contribution in [0.2, 0.25) is 0 Å². The van der Waals surface area contributed by atoms with Crippen molar-refractivity contribution in [2.45, 2.75) is 13.8 Å². The highest BCUT2D eigenvalue weighted by molar-refractivity contribution is 9.10. The van der Waals surface area contributed by atoms with Gasteiger partial charge in [0.25, 0.3) is 5.91 Å². The van der Waals surface area contributed by atoms with Crippen LogP contribution in [0.25, 0.3) is 0 Å². The van der Waals surface area contributed by atoms with Crippen LogP contribution in [-0.2, 0) is 0 Å². The van der Waals surface area contributed by atoms with Crippen molar-refractivity contribution in [3.05, 3.63) is 61.8 Å². The Bertz CT molecular complexity index is 666. The number of hydrogen-bond donors (Lipinski definition) is 1. The van der Waals surface area contributed by atoms with Crippen LogP contribution in [0.3, 0.4) is 0 Å². The van der Waals surface area contributed by atoms with E-state index in [1.165, 1.54) is 6.07 Å². The van der Waals surface area contributed by atoms with Crippen LogP contribution in [0.1, 0.15) is 21.5 Å². The molecule has 0 saturated heterocycles. The van der Waals surface area contributed by atoms with E-state index in [1.54, 1.807) is 25.1 Å². The van der Waals surface area contributed by atoms with Crippen molar-refractivity contribution in [3.63, 3.8) is 0 Å². The third kappa shape index (κ3) is 3.46. The fourth-order valence-corrected chi connectivity index (χ4v) is 2.79. The Morgan fingerprint density at radius 3 is 2.45 bits per heavy atom. The van der Waals surface area contributed by atoms with Gasteiger partial charge in [0.05, 0.1) is 4.47 Å². The molecule has 0 heterocycles. The minimum atomic E-state index is -0.348.